The maximum absolute atomic E-state index is 13.0. The van der Waals surface area contributed by atoms with Gasteiger partial charge in [0.1, 0.15) is 6.04 Å². The molecule has 1 N–H and O–H groups in total. The summed E-state index contributed by atoms with van der Waals surface area (Å²) in [5, 5.41) is 9.13. The first-order chi connectivity index (χ1) is 9.39. The molecule has 114 valence electrons. The number of carboxylic acids is 1. The quantitative estimate of drug-likeness (QED) is 0.848. The molecular formula is C13H20F2N2O3. The van der Waals surface area contributed by atoms with Crippen molar-refractivity contribution in [3.05, 3.63) is 0 Å². The predicted octanol–water partition coefficient (Wildman–Crippen LogP) is 1.18. The predicted molar refractivity (Wildman–Crippen MR) is 67.6 cm³/mol. The highest BCUT2D eigenvalue weighted by Gasteiger charge is 2.36. The maximum atomic E-state index is 13.0. The van der Waals surface area contributed by atoms with Crippen molar-refractivity contribution >= 4 is 11.9 Å². The van der Waals surface area contributed by atoms with Gasteiger partial charge in [-0.25, -0.2) is 13.6 Å². The van der Waals surface area contributed by atoms with Crippen molar-refractivity contribution in [2.24, 2.45) is 0 Å². The summed E-state index contributed by atoms with van der Waals surface area (Å²) in [5.74, 6) is -3.88. The Balaban J connectivity index is 1.89. The first kappa shape index (κ1) is 15.2. The van der Waals surface area contributed by atoms with Crippen LogP contribution in [0, 0.1) is 0 Å². The molecule has 5 nitrogen and oxygen atoms in total. The zero-order valence-electron chi connectivity index (χ0n) is 11.4. The third kappa shape index (κ3) is 3.65. The van der Waals surface area contributed by atoms with Gasteiger partial charge in [0, 0.05) is 32.5 Å². The number of carbonyl (C=O) groups excluding carboxylic acids is 1. The smallest absolute Gasteiger partial charge is 0.326 e. The molecule has 1 atom stereocenters. The van der Waals surface area contributed by atoms with E-state index in [1.807, 2.05) is 0 Å². The number of carboxylic acid groups (broad SMARTS) is 1. The minimum absolute atomic E-state index is 0.0415. The van der Waals surface area contributed by atoms with Crippen molar-refractivity contribution in [1.82, 2.24) is 9.80 Å². The molecule has 2 heterocycles. The standard InChI is InChI=1S/C13H20F2N2O3/c14-13(15)4-7-16(8-5-13)9-11(18)17-6-2-1-3-10(17)12(19)20/h10H,1-9H2,(H,19,20). The number of rotatable bonds is 3. The van der Waals surface area contributed by atoms with Crippen LogP contribution in [0.3, 0.4) is 0 Å². The molecule has 0 aromatic carbocycles. The van der Waals surface area contributed by atoms with Gasteiger partial charge in [0.2, 0.25) is 5.91 Å². The molecule has 1 amide bonds. The minimum atomic E-state index is -2.63. The van der Waals surface area contributed by atoms with Crippen LogP contribution in [0.2, 0.25) is 0 Å². The average molecular weight is 290 g/mol. The van der Waals surface area contributed by atoms with E-state index in [-0.39, 0.29) is 38.4 Å². The number of hydrogen-bond donors (Lipinski definition) is 1. The highest BCUT2D eigenvalue weighted by Crippen LogP contribution is 2.27. The Kier molecular flexibility index (Phi) is 4.57. The van der Waals surface area contributed by atoms with Crippen LogP contribution in [0.4, 0.5) is 8.78 Å². The molecule has 2 rings (SSSR count). The van der Waals surface area contributed by atoms with E-state index in [4.69, 9.17) is 5.11 Å². The molecule has 0 spiro atoms. The lowest BCUT2D eigenvalue weighted by atomic mass is 10.0. The van der Waals surface area contributed by atoms with Crippen molar-refractivity contribution < 1.29 is 23.5 Å². The van der Waals surface area contributed by atoms with E-state index in [9.17, 15) is 18.4 Å². The van der Waals surface area contributed by atoms with Crippen LogP contribution in [-0.4, -0.2) is 64.9 Å². The van der Waals surface area contributed by atoms with Crippen LogP contribution in [-0.2, 0) is 9.59 Å². The van der Waals surface area contributed by atoms with E-state index < -0.39 is 17.9 Å². The zero-order valence-corrected chi connectivity index (χ0v) is 11.4. The van der Waals surface area contributed by atoms with Crippen LogP contribution < -0.4 is 0 Å². The normalized spacial score (nSPS) is 27.3. The van der Waals surface area contributed by atoms with E-state index in [1.165, 1.54) is 4.90 Å². The summed E-state index contributed by atoms with van der Waals surface area (Å²) < 4.78 is 26.1. The molecule has 2 aliphatic heterocycles. The van der Waals surface area contributed by atoms with Gasteiger partial charge in [-0.3, -0.25) is 9.69 Å². The SMILES string of the molecule is O=C(O)C1CCCCN1C(=O)CN1CCC(F)(F)CC1. The Morgan fingerprint density at radius 2 is 1.80 bits per heavy atom. The van der Waals surface area contributed by atoms with E-state index in [2.05, 4.69) is 0 Å². The van der Waals surface area contributed by atoms with Gasteiger partial charge in [0.15, 0.2) is 0 Å². The average Bonchev–Trinajstić information content (AvgIpc) is 2.41. The van der Waals surface area contributed by atoms with Crippen molar-refractivity contribution in [3.8, 4) is 0 Å². The van der Waals surface area contributed by atoms with Gasteiger partial charge in [-0.1, -0.05) is 0 Å². The van der Waals surface area contributed by atoms with Crippen LogP contribution in [0.5, 0.6) is 0 Å². The minimum Gasteiger partial charge on any atom is -0.480 e. The number of halogens is 2. The van der Waals surface area contributed by atoms with Gasteiger partial charge in [0.25, 0.3) is 5.92 Å². The molecule has 2 fully saturated rings. The molecule has 20 heavy (non-hydrogen) atoms. The highest BCUT2D eigenvalue weighted by molar-refractivity contribution is 5.85. The van der Waals surface area contributed by atoms with Crippen LogP contribution in [0.1, 0.15) is 32.1 Å². The number of nitrogens with zero attached hydrogens (tertiary/aromatic N) is 2. The van der Waals surface area contributed by atoms with Gasteiger partial charge in [-0.05, 0) is 19.3 Å². The second-order valence-corrected chi connectivity index (χ2v) is 5.57. The molecule has 0 bridgehead atoms. The monoisotopic (exact) mass is 290 g/mol. The Labute approximate surface area is 116 Å². The van der Waals surface area contributed by atoms with Crippen molar-refractivity contribution in [3.63, 3.8) is 0 Å². The van der Waals surface area contributed by atoms with Crippen molar-refractivity contribution in [2.45, 2.75) is 44.1 Å². The van der Waals surface area contributed by atoms with Crippen molar-refractivity contribution in [1.29, 1.82) is 0 Å². The topological polar surface area (TPSA) is 60.9 Å². The van der Waals surface area contributed by atoms with Crippen LogP contribution in [0.15, 0.2) is 0 Å². The molecule has 7 heteroatoms. The number of hydrogen-bond acceptors (Lipinski definition) is 3. The van der Waals surface area contributed by atoms with E-state index >= 15 is 0 Å². The summed E-state index contributed by atoms with van der Waals surface area (Å²) in [7, 11) is 0. The molecule has 0 aromatic heterocycles. The van der Waals surface area contributed by atoms with Crippen molar-refractivity contribution in [2.75, 3.05) is 26.2 Å². The Morgan fingerprint density at radius 3 is 2.40 bits per heavy atom. The number of likely N-dealkylation sites (tertiary alicyclic amines) is 2. The van der Waals surface area contributed by atoms with E-state index in [0.717, 1.165) is 12.8 Å². The van der Waals surface area contributed by atoms with Crippen LogP contribution in [0.25, 0.3) is 0 Å². The Hall–Kier alpha value is -1.24. The van der Waals surface area contributed by atoms with Crippen LogP contribution >= 0.6 is 0 Å². The molecule has 0 aliphatic carbocycles. The van der Waals surface area contributed by atoms with Gasteiger partial charge in [-0.2, -0.15) is 0 Å². The Morgan fingerprint density at radius 1 is 1.15 bits per heavy atom. The first-order valence-corrected chi connectivity index (χ1v) is 7.01. The summed E-state index contributed by atoms with van der Waals surface area (Å²) in [5.41, 5.74) is 0. The van der Waals surface area contributed by atoms with E-state index in [1.54, 1.807) is 4.90 Å². The van der Waals surface area contributed by atoms with Gasteiger partial charge >= 0.3 is 5.97 Å². The van der Waals surface area contributed by atoms with E-state index in [0.29, 0.717) is 13.0 Å². The second kappa shape index (κ2) is 6.03. The molecule has 0 saturated carbocycles. The number of carbonyl (C=O) groups is 2. The fraction of sp³-hybridized carbons (Fsp3) is 0.846. The molecule has 0 radical (unpaired) electrons. The van der Waals surface area contributed by atoms with Gasteiger partial charge in [0.05, 0.1) is 6.54 Å². The molecular weight excluding hydrogens is 270 g/mol. The Bertz CT molecular complexity index is 380. The lowest BCUT2D eigenvalue weighted by Crippen LogP contribution is -2.52. The third-order valence-corrected chi connectivity index (χ3v) is 4.05. The first-order valence-electron chi connectivity index (χ1n) is 7.01. The zero-order chi connectivity index (χ0) is 14.8. The summed E-state index contributed by atoms with van der Waals surface area (Å²) >= 11 is 0. The lowest BCUT2D eigenvalue weighted by molar-refractivity contribution is -0.153. The number of alkyl halides is 2. The van der Waals surface area contributed by atoms with Gasteiger partial charge < -0.3 is 10.0 Å². The fourth-order valence-corrected chi connectivity index (χ4v) is 2.81. The highest BCUT2D eigenvalue weighted by atomic mass is 19.3. The third-order valence-electron chi connectivity index (χ3n) is 4.05. The number of piperidine rings is 2. The molecule has 2 aliphatic rings. The summed E-state index contributed by atoms with van der Waals surface area (Å²) in [6.07, 6.45) is 1.61. The second-order valence-electron chi connectivity index (χ2n) is 5.57. The fourth-order valence-electron chi connectivity index (χ4n) is 2.81. The number of amides is 1. The molecule has 2 saturated heterocycles. The number of aliphatic carboxylic acids is 1. The maximum Gasteiger partial charge on any atom is 0.326 e. The van der Waals surface area contributed by atoms with Gasteiger partial charge in [-0.15, -0.1) is 0 Å². The summed E-state index contributed by atoms with van der Waals surface area (Å²) in [4.78, 5) is 26.4. The largest absolute Gasteiger partial charge is 0.480 e. The molecule has 1 unspecified atom stereocenters. The summed E-state index contributed by atoms with van der Waals surface area (Å²) in [6.45, 7) is 0.855. The lowest BCUT2D eigenvalue weighted by Gasteiger charge is -2.36. The molecule has 0 aromatic rings. The summed E-state index contributed by atoms with van der Waals surface area (Å²) in [6, 6.07) is -0.762.